The number of ether oxygens (including phenoxy) is 4. The minimum Gasteiger partial charge on any atom is -0.491 e. The van der Waals surface area contributed by atoms with Gasteiger partial charge < -0.3 is 29.2 Å². The first-order valence-electron chi connectivity index (χ1n) is 18.5. The lowest BCUT2D eigenvalue weighted by Crippen LogP contribution is -2.43. The fourth-order valence-corrected chi connectivity index (χ4v) is 9.06. The maximum Gasteiger partial charge on any atom is 0.284 e. The van der Waals surface area contributed by atoms with Crippen LogP contribution >= 0.6 is 11.6 Å². The highest BCUT2D eigenvalue weighted by atomic mass is 35.5. The molecule has 3 heterocycles. The molecule has 8 atom stereocenters. The summed E-state index contributed by atoms with van der Waals surface area (Å²) < 4.78 is 55.3. The number of allylic oxidation sites excluding steroid dienone is 1. The highest BCUT2D eigenvalue weighted by Crippen LogP contribution is 2.42. The van der Waals surface area contributed by atoms with E-state index in [1.165, 1.54) is 11.1 Å². The van der Waals surface area contributed by atoms with E-state index in [0.717, 1.165) is 44.3 Å². The molecule has 13 heteroatoms. The number of rotatable bonds is 6. The number of anilines is 1. The molecule has 0 aromatic heterocycles. The number of halogens is 2. The van der Waals surface area contributed by atoms with Crippen LogP contribution in [0.15, 0.2) is 52.9 Å². The molecule has 2 bridgehead atoms. The SMILES string of the molecule is CO[C@H]1/C=C/C[C@H](C)[C@@H](CNC(=O)CO[C@H]2CCOC[C@H]2F)/[SH](=O)=N\C(=O)c2ccc3c(c2)N(Cc2ccc(Cl)cc2CCCCO3)C[C@@H]2CC[C@H]21. The molecular formula is C39H51ClFN3O7S. The van der Waals surface area contributed by atoms with Crippen LogP contribution in [0.5, 0.6) is 5.75 Å². The summed E-state index contributed by atoms with van der Waals surface area (Å²) in [6.07, 6.45) is 7.75. The van der Waals surface area contributed by atoms with Crippen LogP contribution < -0.4 is 15.0 Å². The number of nitrogens with zero attached hydrogens (tertiary/aromatic N) is 2. The molecule has 0 radical (unpaired) electrons. The average Bonchev–Trinajstić information content (AvgIpc) is 3.15. The maximum absolute atomic E-state index is 14.1. The van der Waals surface area contributed by atoms with Crippen molar-refractivity contribution in [3.05, 3.63) is 70.3 Å². The monoisotopic (exact) mass is 759 g/mol. The van der Waals surface area contributed by atoms with Crippen LogP contribution in [0.2, 0.25) is 5.02 Å². The van der Waals surface area contributed by atoms with Gasteiger partial charge in [-0.2, -0.15) is 4.36 Å². The molecule has 1 saturated heterocycles. The largest absolute Gasteiger partial charge is 0.491 e. The van der Waals surface area contributed by atoms with E-state index in [1.54, 1.807) is 13.2 Å². The van der Waals surface area contributed by atoms with Gasteiger partial charge in [0.05, 0.1) is 36.4 Å². The van der Waals surface area contributed by atoms with E-state index in [9.17, 15) is 18.2 Å². The number of amides is 2. The van der Waals surface area contributed by atoms with Crippen LogP contribution in [0.4, 0.5) is 10.1 Å². The summed E-state index contributed by atoms with van der Waals surface area (Å²) in [4.78, 5) is 28.9. The molecule has 1 aliphatic carbocycles. The number of fused-ring (bicyclic) bond motifs is 3. The van der Waals surface area contributed by atoms with Crippen molar-refractivity contribution >= 4 is 39.7 Å². The Morgan fingerprint density at radius 3 is 2.79 bits per heavy atom. The summed E-state index contributed by atoms with van der Waals surface area (Å²) >= 11 is 6.45. The Labute approximate surface area is 312 Å². The molecule has 1 unspecified atom stereocenters. The topological polar surface area (TPSA) is 116 Å². The number of methoxy groups -OCH3 is 1. The Morgan fingerprint density at radius 1 is 1.13 bits per heavy atom. The Kier molecular flexibility index (Phi) is 13.6. The molecule has 2 aromatic rings. The minimum atomic E-state index is -2.45. The molecule has 2 amide bonds. The lowest BCUT2D eigenvalue weighted by molar-refractivity contribution is -0.134. The highest BCUT2D eigenvalue weighted by molar-refractivity contribution is 7.76. The van der Waals surface area contributed by atoms with E-state index < -0.39 is 39.9 Å². The summed E-state index contributed by atoms with van der Waals surface area (Å²) in [6, 6.07) is 11.4. The highest BCUT2D eigenvalue weighted by Gasteiger charge is 2.38. The third kappa shape index (κ3) is 9.74. The van der Waals surface area contributed by atoms with E-state index in [4.69, 9.17) is 30.5 Å². The van der Waals surface area contributed by atoms with Crippen LogP contribution in [0.1, 0.15) is 66.9 Å². The maximum atomic E-state index is 14.1. The standard InChI is InChI=1S/C39H51ClFN3O7S/c1-25-6-5-8-34(48-2)31-13-10-29(31)22-44-21-28-9-12-30(40)18-26(28)7-3-4-16-50-36-14-11-27(19-33(36)44)39(46)43-52(47)37(25)20-42-38(45)24-51-35-15-17-49-23-32(35)41/h5,8-9,11-12,14,18-19,25,29,31-32,34-35,37,52H,3-4,6-7,10,13,15-17,20-24H2,1-2H3,(H,42,45)/b8-5+/t25-,29-,31+,32+,34-,35-,37+/m0/s1. The smallest absolute Gasteiger partial charge is 0.284 e. The lowest BCUT2D eigenvalue weighted by Gasteiger charge is -2.43. The summed E-state index contributed by atoms with van der Waals surface area (Å²) in [5, 5.41) is 2.87. The van der Waals surface area contributed by atoms with Gasteiger partial charge in [-0.3, -0.25) is 13.8 Å². The molecule has 2 aromatic carbocycles. The van der Waals surface area contributed by atoms with Crippen LogP contribution in [-0.4, -0.2) is 86.3 Å². The molecule has 284 valence electrons. The molecule has 4 aliphatic rings. The van der Waals surface area contributed by atoms with Gasteiger partial charge in [-0.05, 0) is 104 Å². The predicted molar refractivity (Wildman–Crippen MR) is 200 cm³/mol. The van der Waals surface area contributed by atoms with Crippen molar-refractivity contribution in [3.8, 4) is 5.75 Å². The zero-order valence-electron chi connectivity index (χ0n) is 30.0. The predicted octanol–water partition coefficient (Wildman–Crippen LogP) is 6.13. The van der Waals surface area contributed by atoms with Gasteiger partial charge in [-0.25, -0.2) is 4.39 Å². The van der Waals surface area contributed by atoms with Crippen molar-refractivity contribution in [2.75, 3.05) is 51.5 Å². The van der Waals surface area contributed by atoms with Gasteiger partial charge in [0, 0.05) is 54.5 Å². The van der Waals surface area contributed by atoms with E-state index in [1.807, 2.05) is 25.1 Å². The van der Waals surface area contributed by atoms with Crippen molar-refractivity contribution in [1.82, 2.24) is 5.32 Å². The molecular weight excluding hydrogens is 709 g/mol. The number of carbonyl (C=O) groups excluding carboxylic acids is 2. The Morgan fingerprint density at radius 2 is 2.00 bits per heavy atom. The van der Waals surface area contributed by atoms with Crippen molar-refractivity contribution in [2.45, 2.75) is 82.0 Å². The number of benzene rings is 2. The summed E-state index contributed by atoms with van der Waals surface area (Å²) in [5.74, 6) is 0.0842. The molecule has 2 fully saturated rings. The van der Waals surface area contributed by atoms with Crippen LogP contribution in [0.3, 0.4) is 0 Å². The van der Waals surface area contributed by atoms with Gasteiger partial charge in [-0.1, -0.05) is 36.7 Å². The number of alkyl halides is 1. The van der Waals surface area contributed by atoms with Crippen molar-refractivity contribution < 1.29 is 37.1 Å². The normalized spacial score (nSPS) is 30.9. The van der Waals surface area contributed by atoms with E-state index in [0.29, 0.717) is 60.8 Å². The van der Waals surface area contributed by atoms with E-state index >= 15 is 0 Å². The van der Waals surface area contributed by atoms with Crippen molar-refractivity contribution in [2.24, 2.45) is 22.1 Å². The van der Waals surface area contributed by atoms with Crippen LogP contribution in [0, 0.1) is 17.8 Å². The van der Waals surface area contributed by atoms with Gasteiger partial charge in [-0.15, -0.1) is 0 Å². The number of thiol groups is 1. The molecule has 6 rings (SSSR count). The minimum absolute atomic E-state index is 0.0175. The first kappa shape index (κ1) is 38.7. The first-order valence-corrected chi connectivity index (χ1v) is 20.2. The van der Waals surface area contributed by atoms with Gasteiger partial charge in [0.1, 0.15) is 18.5 Å². The van der Waals surface area contributed by atoms with Crippen LogP contribution in [-0.2, 0) is 42.6 Å². The van der Waals surface area contributed by atoms with E-state index in [2.05, 4.69) is 38.9 Å². The molecule has 0 spiro atoms. The van der Waals surface area contributed by atoms with Gasteiger partial charge in [0.15, 0.2) is 0 Å². The third-order valence-electron chi connectivity index (χ3n) is 10.9. The van der Waals surface area contributed by atoms with Gasteiger partial charge in [0.2, 0.25) is 5.91 Å². The summed E-state index contributed by atoms with van der Waals surface area (Å²) in [7, 11) is -0.708. The fourth-order valence-electron chi connectivity index (χ4n) is 7.61. The zero-order valence-corrected chi connectivity index (χ0v) is 31.7. The van der Waals surface area contributed by atoms with Gasteiger partial charge in [0.25, 0.3) is 5.91 Å². The van der Waals surface area contributed by atoms with Crippen molar-refractivity contribution in [3.63, 3.8) is 0 Å². The van der Waals surface area contributed by atoms with Gasteiger partial charge >= 0.3 is 0 Å². The second-order valence-electron chi connectivity index (χ2n) is 14.4. The second kappa shape index (κ2) is 18.3. The van der Waals surface area contributed by atoms with Crippen molar-refractivity contribution in [1.29, 1.82) is 0 Å². The number of nitrogens with one attached hydrogen (secondary N) is 1. The molecule has 52 heavy (non-hydrogen) atoms. The number of carbonyl (C=O) groups is 2. The van der Waals surface area contributed by atoms with E-state index in [-0.39, 0.29) is 31.8 Å². The number of hydrogen-bond acceptors (Lipinski definition) is 8. The Bertz CT molecular complexity index is 1690. The molecule has 1 N–H and O–H groups in total. The van der Waals surface area contributed by atoms with Crippen LogP contribution in [0.25, 0.3) is 0 Å². The molecule has 1 saturated carbocycles. The lowest BCUT2D eigenvalue weighted by atomic mass is 9.70. The summed E-state index contributed by atoms with van der Waals surface area (Å²) in [6.45, 7) is 3.82. The second-order valence-corrected chi connectivity index (χ2v) is 16.3. The quantitative estimate of drug-likeness (QED) is 0.267. The fraction of sp³-hybridized carbons (Fsp3) is 0.590. The molecule has 10 nitrogen and oxygen atoms in total. The molecule has 3 aliphatic heterocycles. The Hall–Kier alpha value is -3.03. The number of aryl methyl sites for hydroxylation is 1. The third-order valence-corrected chi connectivity index (χ3v) is 12.8. The average molecular weight is 760 g/mol. The number of hydrogen-bond donors (Lipinski definition) is 2. The zero-order chi connectivity index (χ0) is 36.6. The Balaban J connectivity index is 1.31. The summed E-state index contributed by atoms with van der Waals surface area (Å²) in [5.41, 5.74) is 3.49. The first-order chi connectivity index (χ1) is 25.2.